The monoisotopic (exact) mass is 1540 g/mol. The van der Waals surface area contributed by atoms with E-state index in [4.69, 9.17) is 28.7 Å². The SMILES string of the molecule is C[C@@H]1CC(c2ccc(C(F)(F)F)c3ncccc23)C[C@H](N)C1.C[C@@H]1C[C@H](N)C[C@@H](c2ccc(C(F)(F)F)c3ncccc23)C1.C[C@@H]1C[C@H](N)C[C@H](c2ccc(C(F)(F)F)c3ncccc23)C1.C[C@H]1C[C@@H](N)C[C@@H](c2ccc(C(F)(F)F)c3ncccc23)C1.C[C@H]1C[C@@H](N)C[C@H](c2ccc(C(F)(F)F)c3ncccc23)C1. The lowest BCUT2D eigenvalue weighted by Crippen LogP contribution is -2.31. The molecule has 590 valence electrons. The molecule has 10 N–H and O–H groups in total. The summed E-state index contributed by atoms with van der Waals surface area (Å²) in [6.07, 6.45) is -1.07. The van der Waals surface area contributed by atoms with Gasteiger partial charge in [0, 0.05) is 88.1 Å². The van der Waals surface area contributed by atoms with E-state index in [-0.39, 0.29) is 87.4 Å². The minimum atomic E-state index is -4.39. The third-order valence-corrected chi connectivity index (χ3v) is 22.6. The molecule has 0 radical (unpaired) electrons. The predicted molar refractivity (Wildman–Crippen MR) is 402 cm³/mol. The van der Waals surface area contributed by atoms with Crippen molar-refractivity contribution < 1.29 is 65.9 Å². The van der Waals surface area contributed by atoms with Crippen molar-refractivity contribution in [3.63, 3.8) is 0 Å². The van der Waals surface area contributed by atoms with Crippen LogP contribution in [-0.2, 0) is 30.9 Å². The van der Waals surface area contributed by atoms with Crippen LogP contribution in [0.4, 0.5) is 65.9 Å². The largest absolute Gasteiger partial charge is 0.418 e. The van der Waals surface area contributed by atoms with Crippen LogP contribution in [-0.4, -0.2) is 55.1 Å². The van der Waals surface area contributed by atoms with Crippen LogP contribution < -0.4 is 28.7 Å². The van der Waals surface area contributed by atoms with Gasteiger partial charge in [-0.3, -0.25) is 24.9 Å². The van der Waals surface area contributed by atoms with E-state index < -0.39 is 58.7 Å². The van der Waals surface area contributed by atoms with Gasteiger partial charge >= 0.3 is 30.9 Å². The number of hydrogen-bond donors (Lipinski definition) is 5. The third-order valence-electron chi connectivity index (χ3n) is 22.6. The number of hydrogen-bond acceptors (Lipinski definition) is 10. The lowest BCUT2D eigenvalue weighted by atomic mass is 9.75. The van der Waals surface area contributed by atoms with Crippen molar-refractivity contribution >= 4 is 54.5 Å². The predicted octanol–water partition coefficient (Wildman–Crippen LogP) is 22.4. The first kappa shape index (κ1) is 82.9. The average Bonchev–Trinajstić information content (AvgIpc) is 0.794. The molecule has 0 saturated heterocycles. The van der Waals surface area contributed by atoms with Crippen LogP contribution in [0.5, 0.6) is 0 Å². The molecular weight excluding hydrogens is 1450 g/mol. The van der Waals surface area contributed by atoms with Crippen LogP contribution in [0.3, 0.4) is 0 Å². The molecule has 15 rings (SSSR count). The minimum Gasteiger partial charge on any atom is -0.328 e. The summed E-state index contributed by atoms with van der Waals surface area (Å²) >= 11 is 0. The number of alkyl halides is 15. The Morgan fingerprint density at radius 2 is 0.382 bits per heavy atom. The van der Waals surface area contributed by atoms with Gasteiger partial charge < -0.3 is 28.7 Å². The van der Waals surface area contributed by atoms with Crippen LogP contribution in [0.1, 0.15) is 216 Å². The molecule has 0 amide bonds. The van der Waals surface area contributed by atoms with Gasteiger partial charge in [0.25, 0.3) is 0 Å². The quantitative estimate of drug-likeness (QED) is 0.104. The molecule has 5 heterocycles. The summed E-state index contributed by atoms with van der Waals surface area (Å²) in [7, 11) is 0. The van der Waals surface area contributed by atoms with E-state index in [1.165, 1.54) is 31.0 Å². The molecule has 5 aromatic carbocycles. The van der Waals surface area contributed by atoms with E-state index in [0.29, 0.717) is 56.5 Å². The Morgan fingerprint density at radius 1 is 0.227 bits per heavy atom. The van der Waals surface area contributed by atoms with E-state index in [1.54, 1.807) is 91.0 Å². The number of nitrogens with two attached hydrogens (primary N) is 5. The number of pyridine rings is 5. The zero-order chi connectivity index (χ0) is 79.5. The van der Waals surface area contributed by atoms with Crippen molar-refractivity contribution in [3.05, 3.63) is 208 Å². The molecule has 0 bridgehead atoms. The van der Waals surface area contributed by atoms with Crippen LogP contribution in [0.2, 0.25) is 0 Å². The lowest BCUT2D eigenvalue weighted by molar-refractivity contribution is -0.137. The van der Waals surface area contributed by atoms with E-state index in [9.17, 15) is 65.9 Å². The standard InChI is InChI=1S/5C17H19F3N2/c5*1-10-7-11(9-12(21)8-10)13-4-5-15(17(18,19)20)16-14(13)3-2-6-22-16/h5*2-6,10-12H,7-9,21H2,1H3/t10-,11?,12-;2*10-,11+,12-;2*10-,11-,12-/m11010/s1. The van der Waals surface area contributed by atoms with E-state index in [1.807, 2.05) is 0 Å². The summed E-state index contributed by atoms with van der Waals surface area (Å²) in [6, 6.07) is 31.6. The summed E-state index contributed by atoms with van der Waals surface area (Å²) < 4.78 is 197. The highest BCUT2D eigenvalue weighted by Gasteiger charge is 2.41. The average molecular weight is 1540 g/mol. The second-order valence-electron chi connectivity index (χ2n) is 31.8. The fourth-order valence-corrected chi connectivity index (χ4v) is 18.5. The van der Waals surface area contributed by atoms with Gasteiger partial charge in [-0.2, -0.15) is 65.9 Å². The van der Waals surface area contributed by atoms with Crippen LogP contribution in [0.15, 0.2) is 152 Å². The van der Waals surface area contributed by atoms with Crippen molar-refractivity contribution in [3.8, 4) is 0 Å². The minimum absolute atomic E-state index is 0.0410. The maximum Gasteiger partial charge on any atom is 0.418 e. The molecule has 0 spiro atoms. The topological polar surface area (TPSA) is 195 Å². The molecule has 1 unspecified atom stereocenters. The van der Waals surface area contributed by atoms with Gasteiger partial charge in [0.1, 0.15) is 0 Å². The summed E-state index contributed by atoms with van der Waals surface area (Å²) in [5.41, 5.74) is 32.1. The highest BCUT2D eigenvalue weighted by atomic mass is 19.4. The zero-order valence-corrected chi connectivity index (χ0v) is 62.0. The van der Waals surface area contributed by atoms with E-state index in [0.717, 1.165) is 154 Å². The van der Waals surface area contributed by atoms with E-state index in [2.05, 4.69) is 59.5 Å². The number of rotatable bonds is 5. The smallest absolute Gasteiger partial charge is 0.328 e. The summed E-state index contributed by atoms with van der Waals surface area (Å²) in [4.78, 5) is 19.9. The van der Waals surface area contributed by atoms with Gasteiger partial charge in [0.2, 0.25) is 0 Å². The third kappa shape index (κ3) is 19.8. The number of nitrogens with zero attached hydrogens (tertiary/aromatic N) is 5. The van der Waals surface area contributed by atoms with Crippen LogP contribution in [0, 0.1) is 29.6 Å². The Kier molecular flexibility index (Phi) is 25.7. The van der Waals surface area contributed by atoms with Crippen molar-refractivity contribution in [2.24, 2.45) is 58.3 Å². The van der Waals surface area contributed by atoms with Crippen LogP contribution in [0.25, 0.3) is 54.5 Å². The van der Waals surface area contributed by atoms with Gasteiger partial charge in [0.15, 0.2) is 0 Å². The molecule has 25 heteroatoms. The molecule has 10 nitrogen and oxygen atoms in total. The van der Waals surface area contributed by atoms with Gasteiger partial charge in [-0.15, -0.1) is 0 Å². The Bertz CT molecular complexity index is 4050. The lowest BCUT2D eigenvalue weighted by Gasteiger charge is -2.32. The molecule has 110 heavy (non-hydrogen) atoms. The van der Waals surface area contributed by atoms with Gasteiger partial charge in [-0.05, 0) is 244 Å². The van der Waals surface area contributed by atoms with Crippen LogP contribution >= 0.6 is 0 Å². The van der Waals surface area contributed by atoms with E-state index >= 15 is 0 Å². The summed E-state index contributed by atoms with van der Waals surface area (Å²) in [5.74, 6) is 3.45. The normalized spacial score (nSPS) is 26.3. The molecule has 5 fully saturated rings. The number of halogens is 15. The highest BCUT2D eigenvalue weighted by molar-refractivity contribution is 5.90. The summed E-state index contributed by atoms with van der Waals surface area (Å²) in [5, 5.41) is 3.00. The molecular formula is C85H95F15N10. The molecule has 5 aliphatic carbocycles. The van der Waals surface area contributed by atoms with Gasteiger partial charge in [0.05, 0.1) is 55.4 Å². The maximum absolute atomic E-state index is 13.2. The molecule has 10 aromatic rings. The molecule has 5 saturated carbocycles. The number of fused-ring (bicyclic) bond motifs is 5. The molecule has 5 aromatic heterocycles. The Morgan fingerprint density at radius 3 is 0.518 bits per heavy atom. The molecule has 5 aliphatic rings. The number of aromatic nitrogens is 5. The fourth-order valence-electron chi connectivity index (χ4n) is 18.5. The first-order valence-corrected chi connectivity index (χ1v) is 37.8. The zero-order valence-electron chi connectivity index (χ0n) is 62.0. The number of benzene rings is 5. The van der Waals surface area contributed by atoms with Crippen molar-refractivity contribution in [1.29, 1.82) is 0 Å². The van der Waals surface area contributed by atoms with Crippen molar-refractivity contribution in [1.82, 2.24) is 24.9 Å². The Balaban J connectivity index is 0.000000136. The Labute approximate surface area is 630 Å². The first-order valence-electron chi connectivity index (χ1n) is 37.8. The molecule has 0 aliphatic heterocycles. The van der Waals surface area contributed by atoms with Crippen molar-refractivity contribution in [2.75, 3.05) is 0 Å². The second kappa shape index (κ2) is 34.1. The molecule has 15 atom stereocenters. The fraction of sp³-hybridized carbons (Fsp3) is 0.471. The van der Waals surface area contributed by atoms with Crippen molar-refractivity contribution in [2.45, 2.75) is 222 Å². The maximum atomic E-state index is 13.2. The first-order chi connectivity index (χ1) is 51.8. The summed E-state index contributed by atoms with van der Waals surface area (Å²) in [6.45, 7) is 10.7. The Hall–Kier alpha value is -8.10. The highest BCUT2D eigenvalue weighted by Crippen LogP contribution is 2.48. The van der Waals surface area contributed by atoms with Gasteiger partial charge in [-0.1, -0.05) is 95.3 Å². The second-order valence-corrected chi connectivity index (χ2v) is 31.8. The van der Waals surface area contributed by atoms with Gasteiger partial charge in [-0.25, -0.2) is 0 Å².